The van der Waals surface area contributed by atoms with Crippen LogP contribution in [0.15, 0.2) is 6.07 Å². The fourth-order valence-corrected chi connectivity index (χ4v) is 1.63. The highest BCUT2D eigenvalue weighted by Gasteiger charge is 2.19. The number of methoxy groups -OCH3 is 2. The Morgan fingerprint density at radius 3 is 2.50 bits per heavy atom. The maximum atomic E-state index is 13.7. The second-order valence-corrected chi connectivity index (χ2v) is 3.67. The van der Waals surface area contributed by atoms with Gasteiger partial charge in [0.25, 0.3) is 0 Å². The fourth-order valence-electron chi connectivity index (χ4n) is 1.42. The van der Waals surface area contributed by atoms with E-state index in [0.717, 1.165) is 0 Å². The van der Waals surface area contributed by atoms with Gasteiger partial charge in [-0.05, 0) is 6.92 Å². The Balaban J connectivity index is 3.40. The second-order valence-electron chi connectivity index (χ2n) is 3.27. The molecule has 0 aliphatic heterocycles. The lowest BCUT2D eigenvalue weighted by Crippen LogP contribution is -2.05. The number of rotatable bonds is 4. The molecule has 0 aliphatic rings. The smallest absolute Gasteiger partial charge is 0.167 e. The van der Waals surface area contributed by atoms with Crippen molar-refractivity contribution >= 4 is 17.4 Å². The molecule has 5 heteroatoms. The summed E-state index contributed by atoms with van der Waals surface area (Å²) in [6, 6.07) is 1.32. The maximum Gasteiger partial charge on any atom is 0.167 e. The van der Waals surface area contributed by atoms with Gasteiger partial charge in [0.05, 0.1) is 19.2 Å². The van der Waals surface area contributed by atoms with Crippen molar-refractivity contribution in [1.82, 2.24) is 0 Å². The molecule has 88 valence electrons. The molecular formula is C11H12ClFO3. The van der Waals surface area contributed by atoms with Crippen LogP contribution in [0.2, 0.25) is 5.02 Å². The summed E-state index contributed by atoms with van der Waals surface area (Å²) in [4.78, 5) is 11.0. The van der Waals surface area contributed by atoms with Gasteiger partial charge in [-0.3, -0.25) is 4.79 Å². The van der Waals surface area contributed by atoms with Crippen molar-refractivity contribution in [2.24, 2.45) is 0 Å². The molecule has 0 unspecified atom stereocenters. The highest BCUT2D eigenvalue weighted by Crippen LogP contribution is 2.37. The van der Waals surface area contributed by atoms with Gasteiger partial charge in [-0.1, -0.05) is 11.6 Å². The van der Waals surface area contributed by atoms with Crippen LogP contribution in [0, 0.1) is 5.82 Å². The van der Waals surface area contributed by atoms with Crippen molar-refractivity contribution in [3.63, 3.8) is 0 Å². The van der Waals surface area contributed by atoms with Crippen LogP contribution in [0.1, 0.15) is 12.5 Å². The van der Waals surface area contributed by atoms with Gasteiger partial charge in [0, 0.05) is 18.1 Å². The number of ether oxygens (including phenoxy) is 2. The molecule has 0 saturated carbocycles. The average molecular weight is 247 g/mol. The van der Waals surface area contributed by atoms with E-state index in [2.05, 4.69) is 0 Å². The summed E-state index contributed by atoms with van der Waals surface area (Å²) in [6.07, 6.45) is -0.0775. The van der Waals surface area contributed by atoms with E-state index in [-0.39, 0.29) is 28.5 Å². The van der Waals surface area contributed by atoms with Gasteiger partial charge in [-0.2, -0.15) is 0 Å². The van der Waals surface area contributed by atoms with E-state index in [4.69, 9.17) is 21.1 Å². The van der Waals surface area contributed by atoms with Gasteiger partial charge in [-0.25, -0.2) is 4.39 Å². The van der Waals surface area contributed by atoms with Crippen LogP contribution in [0.3, 0.4) is 0 Å². The molecule has 16 heavy (non-hydrogen) atoms. The number of hydrogen-bond acceptors (Lipinski definition) is 3. The Morgan fingerprint density at radius 2 is 2.06 bits per heavy atom. The van der Waals surface area contributed by atoms with Crippen LogP contribution in [0.4, 0.5) is 4.39 Å². The molecule has 1 aromatic rings. The molecule has 0 fully saturated rings. The van der Waals surface area contributed by atoms with Crippen LogP contribution in [-0.2, 0) is 11.2 Å². The third-order valence-electron chi connectivity index (χ3n) is 2.08. The van der Waals surface area contributed by atoms with E-state index >= 15 is 0 Å². The van der Waals surface area contributed by atoms with E-state index < -0.39 is 5.82 Å². The van der Waals surface area contributed by atoms with Crippen molar-refractivity contribution in [1.29, 1.82) is 0 Å². The van der Waals surface area contributed by atoms with Gasteiger partial charge < -0.3 is 9.47 Å². The van der Waals surface area contributed by atoms with Crippen molar-refractivity contribution in [3.05, 3.63) is 22.5 Å². The summed E-state index contributed by atoms with van der Waals surface area (Å²) in [5.41, 5.74) is 0.124. The third kappa shape index (κ3) is 2.44. The second kappa shape index (κ2) is 5.16. The normalized spacial score (nSPS) is 10.1. The van der Waals surface area contributed by atoms with E-state index in [1.807, 2.05) is 0 Å². The Morgan fingerprint density at radius 1 is 1.44 bits per heavy atom. The molecule has 0 spiro atoms. The SMILES string of the molecule is COc1cc(Cl)c(F)c(CC(C)=O)c1OC. The summed E-state index contributed by atoms with van der Waals surface area (Å²) < 4.78 is 23.7. The molecule has 0 heterocycles. The van der Waals surface area contributed by atoms with Gasteiger partial charge in [0.1, 0.15) is 11.6 Å². The van der Waals surface area contributed by atoms with E-state index in [1.54, 1.807) is 0 Å². The Kier molecular flexibility index (Phi) is 4.12. The average Bonchev–Trinajstić information content (AvgIpc) is 2.23. The Hall–Kier alpha value is -1.29. The summed E-state index contributed by atoms with van der Waals surface area (Å²) in [7, 11) is 2.80. The highest BCUT2D eigenvalue weighted by molar-refractivity contribution is 6.31. The van der Waals surface area contributed by atoms with Crippen LogP contribution >= 0.6 is 11.6 Å². The molecular weight excluding hydrogens is 235 g/mol. The lowest BCUT2D eigenvalue weighted by Gasteiger charge is -2.13. The van der Waals surface area contributed by atoms with Gasteiger partial charge in [0.15, 0.2) is 11.5 Å². The predicted molar refractivity (Wildman–Crippen MR) is 58.9 cm³/mol. The fraction of sp³-hybridized carbons (Fsp3) is 0.364. The van der Waals surface area contributed by atoms with Crippen LogP contribution in [0.5, 0.6) is 11.5 Å². The molecule has 0 radical (unpaired) electrons. The molecule has 0 saturated heterocycles. The quantitative estimate of drug-likeness (QED) is 0.819. The van der Waals surface area contributed by atoms with E-state index in [0.29, 0.717) is 5.75 Å². The first-order valence-corrected chi connectivity index (χ1v) is 4.97. The first-order valence-electron chi connectivity index (χ1n) is 4.59. The predicted octanol–water partition coefficient (Wildman–Crippen LogP) is 2.63. The molecule has 0 amide bonds. The van der Waals surface area contributed by atoms with Crippen molar-refractivity contribution in [3.8, 4) is 11.5 Å². The number of benzene rings is 1. The molecule has 1 rings (SSSR count). The molecule has 0 aromatic heterocycles. The first-order chi connectivity index (χ1) is 7.51. The number of halogens is 2. The minimum Gasteiger partial charge on any atom is -0.493 e. The first kappa shape index (κ1) is 12.8. The largest absolute Gasteiger partial charge is 0.493 e. The minimum absolute atomic E-state index is 0.0775. The number of ketones is 1. The van der Waals surface area contributed by atoms with E-state index in [9.17, 15) is 9.18 Å². The summed E-state index contributed by atoms with van der Waals surface area (Å²) in [5.74, 6) is -0.305. The molecule has 0 aliphatic carbocycles. The van der Waals surface area contributed by atoms with Crippen LogP contribution in [0.25, 0.3) is 0 Å². The lowest BCUT2D eigenvalue weighted by molar-refractivity contribution is -0.116. The molecule has 0 atom stereocenters. The summed E-state index contributed by atoms with van der Waals surface area (Å²) in [5, 5.41) is -0.0890. The zero-order valence-electron chi connectivity index (χ0n) is 9.27. The van der Waals surface area contributed by atoms with Gasteiger partial charge in [-0.15, -0.1) is 0 Å². The van der Waals surface area contributed by atoms with Crippen molar-refractivity contribution in [2.75, 3.05) is 14.2 Å². The highest BCUT2D eigenvalue weighted by atomic mass is 35.5. The number of carbonyl (C=O) groups excluding carboxylic acids is 1. The molecule has 0 N–H and O–H groups in total. The molecule has 3 nitrogen and oxygen atoms in total. The number of hydrogen-bond donors (Lipinski definition) is 0. The Labute approximate surface area is 98.1 Å². The van der Waals surface area contributed by atoms with Crippen molar-refractivity contribution < 1.29 is 18.7 Å². The van der Waals surface area contributed by atoms with Crippen LogP contribution in [-0.4, -0.2) is 20.0 Å². The van der Waals surface area contributed by atoms with Crippen molar-refractivity contribution in [2.45, 2.75) is 13.3 Å². The lowest BCUT2D eigenvalue weighted by atomic mass is 10.1. The summed E-state index contributed by atoms with van der Waals surface area (Å²) in [6.45, 7) is 1.37. The number of Topliss-reactive ketones (excluding diaryl/α,β-unsaturated/α-hetero) is 1. The number of carbonyl (C=O) groups is 1. The maximum absolute atomic E-state index is 13.7. The molecule has 0 bridgehead atoms. The molecule has 1 aromatic carbocycles. The monoisotopic (exact) mass is 246 g/mol. The zero-order chi connectivity index (χ0) is 12.3. The minimum atomic E-state index is -0.644. The van der Waals surface area contributed by atoms with Crippen LogP contribution < -0.4 is 9.47 Å². The topological polar surface area (TPSA) is 35.5 Å². The summed E-state index contributed by atoms with van der Waals surface area (Å²) >= 11 is 5.69. The third-order valence-corrected chi connectivity index (χ3v) is 2.36. The standard InChI is InChI=1S/C11H12ClFO3/c1-6(14)4-7-10(13)8(12)5-9(15-2)11(7)16-3/h5H,4H2,1-3H3. The van der Waals surface area contributed by atoms with E-state index in [1.165, 1.54) is 27.2 Å². The Bertz CT molecular complexity index is 418. The van der Waals surface area contributed by atoms with Gasteiger partial charge in [0.2, 0.25) is 0 Å². The zero-order valence-corrected chi connectivity index (χ0v) is 10.0. The van der Waals surface area contributed by atoms with Gasteiger partial charge >= 0.3 is 0 Å².